The summed E-state index contributed by atoms with van der Waals surface area (Å²) in [6.45, 7) is 3.75. The molecule has 0 saturated carbocycles. The third-order valence-electron chi connectivity index (χ3n) is 9.37. The third kappa shape index (κ3) is 21.6. The Hall–Kier alpha value is -1.07. The fourth-order valence-electron chi connectivity index (χ4n) is 6.15. The molecule has 0 aromatic carbocycles. The number of amides is 1. The topological polar surface area (TPSA) is 149 Å². The highest BCUT2D eigenvalue weighted by molar-refractivity contribution is 5.76. The summed E-state index contributed by atoms with van der Waals surface area (Å²) in [7, 11) is 0. The van der Waals surface area contributed by atoms with Gasteiger partial charge in [-0.25, -0.2) is 0 Å². The number of aliphatic hydroxyl groups excluding tert-OH is 5. The van der Waals surface area contributed by atoms with Gasteiger partial charge in [-0.05, 0) is 38.5 Å². The molecule has 9 heteroatoms. The Morgan fingerprint density at radius 3 is 1.72 bits per heavy atom. The molecule has 2 unspecified atom stereocenters. The Labute approximate surface area is 286 Å². The lowest BCUT2D eigenvalue weighted by molar-refractivity contribution is -0.302. The minimum Gasteiger partial charge on any atom is -0.394 e. The zero-order chi connectivity index (χ0) is 34.5. The van der Waals surface area contributed by atoms with Crippen LogP contribution in [-0.4, -0.2) is 87.5 Å². The normalized spacial score (nSPS) is 22.9. The number of aliphatic hydroxyl groups is 5. The van der Waals surface area contributed by atoms with Gasteiger partial charge in [0.15, 0.2) is 6.29 Å². The average Bonchev–Trinajstić information content (AvgIpc) is 3.07. The van der Waals surface area contributed by atoms with Crippen LogP contribution in [0.1, 0.15) is 168 Å². The molecule has 0 aliphatic carbocycles. The molecular weight excluding hydrogens is 598 g/mol. The molecule has 1 aliphatic rings. The Morgan fingerprint density at radius 1 is 0.702 bits per heavy atom. The molecule has 0 bridgehead atoms. The van der Waals surface area contributed by atoms with Crippen molar-refractivity contribution in [3.05, 3.63) is 12.2 Å². The molecule has 1 fully saturated rings. The monoisotopic (exact) mass is 672 g/mol. The van der Waals surface area contributed by atoms with Gasteiger partial charge in [0.05, 0.1) is 25.4 Å². The van der Waals surface area contributed by atoms with Gasteiger partial charge in [-0.15, -0.1) is 0 Å². The molecule has 6 N–H and O–H groups in total. The summed E-state index contributed by atoms with van der Waals surface area (Å²) in [5, 5.41) is 53.9. The number of allylic oxidation sites excluding steroid dienone is 2. The summed E-state index contributed by atoms with van der Waals surface area (Å²) < 4.78 is 11.2. The Bertz CT molecular complexity index is 751. The summed E-state index contributed by atoms with van der Waals surface area (Å²) in [4.78, 5) is 12.8. The predicted octanol–water partition coefficient (Wildman–Crippen LogP) is 6.61. The first-order valence-corrected chi connectivity index (χ1v) is 19.4. The number of rotatable bonds is 31. The molecule has 0 spiro atoms. The molecule has 0 aromatic heterocycles. The summed E-state index contributed by atoms with van der Waals surface area (Å²) in [5.74, 6) is -0.162. The summed E-state index contributed by atoms with van der Waals surface area (Å²) >= 11 is 0. The lowest BCUT2D eigenvalue weighted by Gasteiger charge is -2.40. The van der Waals surface area contributed by atoms with E-state index in [1.54, 1.807) is 0 Å². The summed E-state index contributed by atoms with van der Waals surface area (Å²) in [5.41, 5.74) is 0. The molecule has 0 aromatic rings. The van der Waals surface area contributed by atoms with Gasteiger partial charge in [-0.2, -0.15) is 0 Å². The molecule has 1 saturated heterocycles. The van der Waals surface area contributed by atoms with E-state index in [0.717, 1.165) is 44.9 Å². The minimum absolute atomic E-state index is 0.147. The molecule has 1 heterocycles. The van der Waals surface area contributed by atoms with Crippen molar-refractivity contribution >= 4 is 5.91 Å². The van der Waals surface area contributed by atoms with Gasteiger partial charge in [0.2, 0.25) is 5.91 Å². The van der Waals surface area contributed by atoms with E-state index >= 15 is 0 Å². The number of nitrogens with one attached hydrogen (secondary N) is 1. The van der Waals surface area contributed by atoms with E-state index in [4.69, 9.17) is 9.47 Å². The van der Waals surface area contributed by atoms with Crippen LogP contribution >= 0.6 is 0 Å². The van der Waals surface area contributed by atoms with E-state index in [9.17, 15) is 30.3 Å². The van der Waals surface area contributed by atoms with E-state index < -0.39 is 49.5 Å². The molecule has 1 rings (SSSR count). The van der Waals surface area contributed by atoms with Gasteiger partial charge in [-0.3, -0.25) is 4.79 Å². The van der Waals surface area contributed by atoms with Gasteiger partial charge < -0.3 is 40.3 Å². The van der Waals surface area contributed by atoms with Gasteiger partial charge in [0.1, 0.15) is 24.4 Å². The second kappa shape index (κ2) is 29.8. The van der Waals surface area contributed by atoms with E-state index in [1.807, 2.05) is 0 Å². The lowest BCUT2D eigenvalue weighted by atomic mass is 9.99. The van der Waals surface area contributed by atoms with Gasteiger partial charge in [-0.1, -0.05) is 135 Å². The highest BCUT2D eigenvalue weighted by Gasteiger charge is 2.44. The molecule has 47 heavy (non-hydrogen) atoms. The lowest BCUT2D eigenvalue weighted by Crippen LogP contribution is -2.60. The van der Waals surface area contributed by atoms with E-state index in [2.05, 4.69) is 31.3 Å². The van der Waals surface area contributed by atoms with Crippen LogP contribution in [0.25, 0.3) is 0 Å². The smallest absolute Gasteiger partial charge is 0.220 e. The second-order valence-corrected chi connectivity index (χ2v) is 13.7. The van der Waals surface area contributed by atoms with Crippen LogP contribution in [0.4, 0.5) is 0 Å². The molecule has 1 aliphatic heterocycles. The number of ether oxygens (including phenoxy) is 2. The average molecular weight is 672 g/mol. The maximum Gasteiger partial charge on any atom is 0.220 e. The Balaban J connectivity index is 2.38. The van der Waals surface area contributed by atoms with Crippen molar-refractivity contribution < 1.29 is 39.8 Å². The first kappa shape index (κ1) is 44.0. The van der Waals surface area contributed by atoms with Gasteiger partial charge >= 0.3 is 0 Å². The zero-order valence-electron chi connectivity index (χ0n) is 30.0. The Kier molecular flexibility index (Phi) is 27.9. The minimum atomic E-state index is -1.55. The first-order chi connectivity index (χ1) is 22.8. The molecule has 278 valence electrons. The SMILES string of the molecule is CCCCCCCCCCCCC/C=C/CCCC[C@@H](O)[C@H](CO[C@@H]1O[C@H](CO)[C@@H](O)C(O)C1O)NC(=O)CCCCCCCCC. The Morgan fingerprint density at radius 2 is 1.19 bits per heavy atom. The fraction of sp³-hybridized carbons (Fsp3) is 0.921. The molecule has 0 radical (unpaired) electrons. The number of unbranched alkanes of at least 4 members (excludes halogenated alkanes) is 19. The van der Waals surface area contributed by atoms with Crippen molar-refractivity contribution in [2.75, 3.05) is 13.2 Å². The van der Waals surface area contributed by atoms with E-state index in [0.29, 0.717) is 12.8 Å². The van der Waals surface area contributed by atoms with Gasteiger partial charge in [0, 0.05) is 6.42 Å². The van der Waals surface area contributed by atoms with Crippen LogP contribution in [0.15, 0.2) is 12.2 Å². The van der Waals surface area contributed by atoms with Crippen molar-refractivity contribution in [2.45, 2.75) is 211 Å². The number of hydrogen-bond donors (Lipinski definition) is 6. The summed E-state index contributed by atoms with van der Waals surface area (Å²) in [6, 6.07) is -0.726. The molecular formula is C38H73NO8. The van der Waals surface area contributed by atoms with Crippen molar-refractivity contribution in [1.29, 1.82) is 0 Å². The predicted molar refractivity (Wildman–Crippen MR) is 189 cm³/mol. The largest absolute Gasteiger partial charge is 0.394 e. The quantitative estimate of drug-likeness (QED) is 0.0357. The maximum absolute atomic E-state index is 12.8. The van der Waals surface area contributed by atoms with Crippen LogP contribution < -0.4 is 5.32 Å². The van der Waals surface area contributed by atoms with E-state index in [1.165, 1.54) is 96.3 Å². The van der Waals surface area contributed by atoms with Crippen molar-refractivity contribution in [3.63, 3.8) is 0 Å². The van der Waals surface area contributed by atoms with Crippen LogP contribution in [0.3, 0.4) is 0 Å². The molecule has 7 atom stereocenters. The fourth-order valence-corrected chi connectivity index (χ4v) is 6.15. The van der Waals surface area contributed by atoms with Crippen LogP contribution in [0.2, 0.25) is 0 Å². The zero-order valence-corrected chi connectivity index (χ0v) is 30.0. The molecule has 9 nitrogen and oxygen atoms in total. The third-order valence-corrected chi connectivity index (χ3v) is 9.37. The van der Waals surface area contributed by atoms with Crippen LogP contribution in [-0.2, 0) is 14.3 Å². The number of hydrogen-bond acceptors (Lipinski definition) is 8. The number of carbonyl (C=O) groups is 1. The maximum atomic E-state index is 12.8. The van der Waals surface area contributed by atoms with Crippen LogP contribution in [0.5, 0.6) is 0 Å². The summed E-state index contributed by atoms with van der Waals surface area (Å²) in [6.07, 6.45) is 23.8. The second-order valence-electron chi connectivity index (χ2n) is 13.7. The standard InChI is InChI=1S/C38H73NO8/c1-3-5-7-9-11-12-13-14-15-16-17-18-19-20-22-23-25-27-32(41)31(39-34(42)28-26-24-21-10-8-6-4-2)30-46-38-37(45)36(44)35(43)33(29-40)47-38/h19-20,31-33,35-38,40-41,43-45H,3-18,21-30H2,1-2H3,(H,39,42)/b20-19+/t31-,32+,33+,35+,36?,37?,38+/m0/s1. The van der Waals surface area contributed by atoms with E-state index in [-0.39, 0.29) is 12.5 Å². The highest BCUT2D eigenvalue weighted by Crippen LogP contribution is 2.23. The highest BCUT2D eigenvalue weighted by atomic mass is 16.7. The van der Waals surface area contributed by atoms with Crippen LogP contribution in [0, 0.1) is 0 Å². The van der Waals surface area contributed by atoms with Crippen molar-refractivity contribution in [1.82, 2.24) is 5.32 Å². The number of carbonyl (C=O) groups excluding carboxylic acids is 1. The molecule has 1 amide bonds. The van der Waals surface area contributed by atoms with Crippen molar-refractivity contribution in [2.24, 2.45) is 0 Å². The van der Waals surface area contributed by atoms with Crippen molar-refractivity contribution in [3.8, 4) is 0 Å². The van der Waals surface area contributed by atoms with Gasteiger partial charge in [0.25, 0.3) is 0 Å². The first-order valence-electron chi connectivity index (χ1n) is 19.4.